The molecule has 1 aliphatic heterocycles. The van der Waals surface area contributed by atoms with Crippen LogP contribution < -0.4 is 0 Å². The normalized spacial score (nSPS) is 14.5. The van der Waals surface area contributed by atoms with Crippen molar-refractivity contribution in [3.63, 3.8) is 0 Å². The molecule has 3 heterocycles. The highest BCUT2D eigenvalue weighted by Gasteiger charge is 2.19. The highest BCUT2D eigenvalue weighted by Crippen LogP contribution is 2.26. The molecule has 4 rings (SSSR count). The summed E-state index contributed by atoms with van der Waals surface area (Å²) < 4.78 is 0. The third-order valence-electron chi connectivity index (χ3n) is 4.72. The molecule has 0 bridgehead atoms. The van der Waals surface area contributed by atoms with Gasteiger partial charge in [0.1, 0.15) is 0 Å². The van der Waals surface area contributed by atoms with E-state index in [-0.39, 0.29) is 0 Å². The number of thiophene rings is 1. The molecule has 128 valence electrons. The number of nitrogens with zero attached hydrogens (tertiary/aromatic N) is 3. The molecule has 2 aromatic heterocycles. The van der Waals surface area contributed by atoms with Crippen LogP contribution in [-0.2, 0) is 19.5 Å². The van der Waals surface area contributed by atoms with E-state index in [1.807, 2.05) is 41.8 Å². The van der Waals surface area contributed by atoms with Gasteiger partial charge < -0.3 is 0 Å². The molecule has 0 radical (unpaired) electrons. The SMILES string of the molecule is Cc1cc(CN2CCc3cnc(-c4ccc(Cl)cc4)nc3C2)sc1C. The molecule has 0 saturated carbocycles. The fourth-order valence-electron chi connectivity index (χ4n) is 3.18. The number of aryl methyl sites for hydroxylation is 2. The van der Waals surface area contributed by atoms with Gasteiger partial charge in [-0.15, -0.1) is 11.3 Å². The van der Waals surface area contributed by atoms with Crippen molar-refractivity contribution in [1.29, 1.82) is 0 Å². The third kappa shape index (κ3) is 3.61. The first-order valence-corrected chi connectivity index (χ1v) is 9.67. The zero-order valence-electron chi connectivity index (χ0n) is 14.4. The molecule has 0 aliphatic carbocycles. The fourth-order valence-corrected chi connectivity index (χ4v) is 4.40. The average molecular weight is 370 g/mol. The highest BCUT2D eigenvalue weighted by molar-refractivity contribution is 7.12. The number of hydrogen-bond acceptors (Lipinski definition) is 4. The molecular weight excluding hydrogens is 350 g/mol. The number of benzene rings is 1. The van der Waals surface area contributed by atoms with Crippen LogP contribution in [0.5, 0.6) is 0 Å². The minimum atomic E-state index is 0.731. The van der Waals surface area contributed by atoms with Gasteiger partial charge in [-0.2, -0.15) is 0 Å². The zero-order chi connectivity index (χ0) is 17.4. The highest BCUT2D eigenvalue weighted by atomic mass is 35.5. The van der Waals surface area contributed by atoms with E-state index >= 15 is 0 Å². The van der Waals surface area contributed by atoms with E-state index in [1.165, 1.54) is 20.9 Å². The third-order valence-corrected chi connectivity index (χ3v) is 6.11. The molecule has 3 nitrogen and oxygen atoms in total. The standard InChI is InChI=1S/C20H20ClN3S/c1-13-9-18(25-14(13)2)11-24-8-7-16-10-22-20(23-19(16)12-24)15-3-5-17(21)6-4-15/h3-6,9-10H,7-8,11-12H2,1-2H3. The Morgan fingerprint density at radius 3 is 2.72 bits per heavy atom. The van der Waals surface area contributed by atoms with Gasteiger partial charge in [0, 0.05) is 46.2 Å². The molecule has 0 fully saturated rings. The Morgan fingerprint density at radius 1 is 1.20 bits per heavy atom. The van der Waals surface area contributed by atoms with Gasteiger partial charge in [0.15, 0.2) is 5.82 Å². The van der Waals surface area contributed by atoms with Crippen molar-refractivity contribution in [3.05, 3.63) is 68.1 Å². The quantitative estimate of drug-likeness (QED) is 0.648. The van der Waals surface area contributed by atoms with Crippen molar-refractivity contribution in [2.75, 3.05) is 6.54 Å². The monoisotopic (exact) mass is 369 g/mol. The Labute approximate surface area is 157 Å². The van der Waals surface area contributed by atoms with Gasteiger partial charge in [0.2, 0.25) is 0 Å². The summed E-state index contributed by atoms with van der Waals surface area (Å²) in [4.78, 5) is 14.7. The molecule has 0 saturated heterocycles. The number of rotatable bonds is 3. The van der Waals surface area contributed by atoms with Crippen molar-refractivity contribution >= 4 is 22.9 Å². The summed E-state index contributed by atoms with van der Waals surface area (Å²) in [6, 6.07) is 10.0. The number of hydrogen-bond donors (Lipinski definition) is 0. The summed E-state index contributed by atoms with van der Waals surface area (Å²) in [6.07, 6.45) is 3.00. The maximum atomic E-state index is 5.98. The van der Waals surface area contributed by atoms with Crippen molar-refractivity contribution in [2.45, 2.75) is 33.4 Å². The van der Waals surface area contributed by atoms with Gasteiger partial charge in [-0.1, -0.05) is 11.6 Å². The van der Waals surface area contributed by atoms with Crippen LogP contribution >= 0.6 is 22.9 Å². The molecule has 0 spiro atoms. The molecule has 5 heteroatoms. The van der Waals surface area contributed by atoms with E-state index in [0.717, 1.165) is 48.2 Å². The van der Waals surface area contributed by atoms with E-state index in [1.54, 1.807) is 0 Å². The summed E-state index contributed by atoms with van der Waals surface area (Å²) in [5.74, 6) is 0.778. The van der Waals surface area contributed by atoms with Crippen LogP contribution in [0, 0.1) is 13.8 Å². The van der Waals surface area contributed by atoms with Gasteiger partial charge >= 0.3 is 0 Å². The molecule has 1 aliphatic rings. The molecule has 25 heavy (non-hydrogen) atoms. The lowest BCUT2D eigenvalue weighted by Crippen LogP contribution is -2.30. The van der Waals surface area contributed by atoms with Crippen LogP contribution in [0.15, 0.2) is 36.5 Å². The largest absolute Gasteiger partial charge is 0.292 e. The minimum absolute atomic E-state index is 0.731. The smallest absolute Gasteiger partial charge is 0.159 e. The first-order valence-electron chi connectivity index (χ1n) is 8.47. The van der Waals surface area contributed by atoms with Gasteiger partial charge in [-0.3, -0.25) is 4.90 Å². The maximum Gasteiger partial charge on any atom is 0.159 e. The lowest BCUT2D eigenvalue weighted by molar-refractivity contribution is 0.243. The number of fused-ring (bicyclic) bond motifs is 1. The van der Waals surface area contributed by atoms with Crippen LogP contribution in [0.25, 0.3) is 11.4 Å². The molecule has 3 aromatic rings. The summed E-state index contributed by atoms with van der Waals surface area (Å²) >= 11 is 7.88. The Hall–Kier alpha value is -1.75. The Balaban J connectivity index is 1.55. The predicted molar refractivity (Wildman–Crippen MR) is 104 cm³/mol. The predicted octanol–water partition coefficient (Wildman–Crippen LogP) is 5.03. The fraction of sp³-hybridized carbons (Fsp3) is 0.300. The Kier molecular flexibility index (Phi) is 4.59. The van der Waals surface area contributed by atoms with Gasteiger partial charge in [-0.05, 0) is 61.7 Å². The second kappa shape index (κ2) is 6.87. The van der Waals surface area contributed by atoms with Gasteiger partial charge in [0.05, 0.1) is 5.69 Å². The number of aromatic nitrogens is 2. The molecule has 1 aromatic carbocycles. The van der Waals surface area contributed by atoms with Gasteiger partial charge in [-0.25, -0.2) is 9.97 Å². The summed E-state index contributed by atoms with van der Waals surface area (Å²) in [6.45, 7) is 7.33. The Bertz CT molecular complexity index is 882. The molecule has 0 N–H and O–H groups in total. The van der Waals surface area contributed by atoms with Crippen LogP contribution in [0.1, 0.15) is 26.6 Å². The van der Waals surface area contributed by atoms with Crippen molar-refractivity contribution < 1.29 is 0 Å². The second-order valence-corrected chi connectivity index (χ2v) is 8.36. The summed E-state index contributed by atoms with van der Waals surface area (Å²) in [5.41, 5.74) is 4.82. The van der Waals surface area contributed by atoms with Crippen LogP contribution in [0.2, 0.25) is 5.02 Å². The van der Waals surface area contributed by atoms with E-state index in [4.69, 9.17) is 16.6 Å². The lowest BCUT2D eigenvalue weighted by atomic mass is 10.1. The molecular formula is C20H20ClN3S. The van der Waals surface area contributed by atoms with E-state index < -0.39 is 0 Å². The lowest BCUT2D eigenvalue weighted by Gasteiger charge is -2.27. The Morgan fingerprint density at radius 2 is 2.00 bits per heavy atom. The zero-order valence-corrected chi connectivity index (χ0v) is 16.0. The molecule has 0 amide bonds. The first kappa shape index (κ1) is 16.7. The minimum Gasteiger partial charge on any atom is -0.292 e. The average Bonchev–Trinajstić information content (AvgIpc) is 2.92. The van der Waals surface area contributed by atoms with E-state index in [2.05, 4.69) is 29.8 Å². The van der Waals surface area contributed by atoms with Crippen molar-refractivity contribution in [3.8, 4) is 11.4 Å². The van der Waals surface area contributed by atoms with E-state index in [9.17, 15) is 0 Å². The maximum absolute atomic E-state index is 5.98. The molecule has 0 atom stereocenters. The van der Waals surface area contributed by atoms with E-state index in [0.29, 0.717) is 0 Å². The topological polar surface area (TPSA) is 29.0 Å². The van der Waals surface area contributed by atoms with Crippen LogP contribution in [0.3, 0.4) is 0 Å². The molecule has 0 unspecified atom stereocenters. The summed E-state index contributed by atoms with van der Waals surface area (Å²) in [7, 11) is 0. The van der Waals surface area contributed by atoms with Crippen LogP contribution in [0.4, 0.5) is 0 Å². The van der Waals surface area contributed by atoms with Gasteiger partial charge in [0.25, 0.3) is 0 Å². The van der Waals surface area contributed by atoms with Crippen molar-refractivity contribution in [1.82, 2.24) is 14.9 Å². The van der Waals surface area contributed by atoms with Crippen molar-refractivity contribution in [2.24, 2.45) is 0 Å². The summed E-state index contributed by atoms with van der Waals surface area (Å²) in [5, 5.41) is 0.731. The van der Waals surface area contributed by atoms with Crippen LogP contribution in [-0.4, -0.2) is 21.4 Å². The first-order chi connectivity index (χ1) is 12.1. The second-order valence-electron chi connectivity index (χ2n) is 6.59. The number of halogens is 1.